The first-order valence-electron chi connectivity index (χ1n) is 9.81. The Balaban J connectivity index is 1.91. The molecule has 1 N–H and O–H groups in total. The number of hydrogen-bond donors (Lipinski definition) is 1. The van der Waals surface area contributed by atoms with E-state index >= 15 is 0 Å². The fraction of sp³-hybridized carbons (Fsp3) is 0.348. The molecule has 0 radical (unpaired) electrons. The molecule has 3 rings (SSSR count). The number of rotatable bonds is 6. The van der Waals surface area contributed by atoms with Crippen LogP contribution in [0.25, 0.3) is 5.57 Å². The van der Waals surface area contributed by atoms with Gasteiger partial charge < -0.3 is 9.64 Å². The molecule has 0 aliphatic carbocycles. The Labute approximate surface area is 172 Å². The van der Waals surface area contributed by atoms with E-state index in [1.165, 1.54) is 5.57 Å². The van der Waals surface area contributed by atoms with Crippen LogP contribution in [0.1, 0.15) is 55.7 Å². The summed E-state index contributed by atoms with van der Waals surface area (Å²) in [6.07, 6.45) is 6.53. The van der Waals surface area contributed by atoms with Gasteiger partial charge in [0.05, 0.1) is 18.9 Å². The third-order valence-electron chi connectivity index (χ3n) is 5.04. The number of anilines is 1. The van der Waals surface area contributed by atoms with Gasteiger partial charge in [-0.1, -0.05) is 19.1 Å². The molecule has 0 bridgehead atoms. The van der Waals surface area contributed by atoms with Crippen molar-refractivity contribution in [1.29, 1.82) is 0 Å². The molecule has 6 heteroatoms. The summed E-state index contributed by atoms with van der Waals surface area (Å²) >= 11 is 0. The lowest BCUT2D eigenvalue weighted by molar-refractivity contribution is 0.0950. The van der Waals surface area contributed by atoms with E-state index in [1.54, 1.807) is 37.7 Å². The predicted molar refractivity (Wildman–Crippen MR) is 118 cm³/mol. The lowest BCUT2D eigenvalue weighted by atomic mass is 9.87. The second-order valence-electron chi connectivity index (χ2n) is 7.66. The number of allylic oxidation sites excluding steroid dienone is 1. The predicted octanol–water partition coefficient (Wildman–Crippen LogP) is 4.27. The summed E-state index contributed by atoms with van der Waals surface area (Å²) in [5.74, 6) is 0.358. The maximum absolute atomic E-state index is 12.1. The van der Waals surface area contributed by atoms with E-state index < -0.39 is 0 Å². The number of hydrazone groups is 1. The van der Waals surface area contributed by atoms with E-state index in [0.717, 1.165) is 29.8 Å². The minimum absolute atomic E-state index is 0.0651. The Morgan fingerprint density at radius 2 is 2.14 bits per heavy atom. The highest BCUT2D eigenvalue weighted by molar-refractivity contribution is 5.94. The highest BCUT2D eigenvalue weighted by Crippen LogP contribution is 2.41. The molecule has 1 aromatic heterocycles. The van der Waals surface area contributed by atoms with Gasteiger partial charge in [-0.3, -0.25) is 9.78 Å². The van der Waals surface area contributed by atoms with Gasteiger partial charge >= 0.3 is 0 Å². The number of aromatic nitrogens is 1. The number of pyridine rings is 1. The number of amides is 1. The van der Waals surface area contributed by atoms with Crippen molar-refractivity contribution in [2.24, 2.45) is 5.10 Å². The van der Waals surface area contributed by atoms with E-state index in [9.17, 15) is 4.79 Å². The van der Waals surface area contributed by atoms with Crippen LogP contribution >= 0.6 is 0 Å². The highest BCUT2D eigenvalue weighted by Gasteiger charge is 2.31. The zero-order valence-electron chi connectivity index (χ0n) is 17.7. The third-order valence-corrected chi connectivity index (χ3v) is 5.04. The largest absolute Gasteiger partial charge is 0.496 e. The van der Waals surface area contributed by atoms with Crippen molar-refractivity contribution in [2.75, 3.05) is 18.6 Å². The molecule has 6 nitrogen and oxygen atoms in total. The first-order chi connectivity index (χ1) is 13.9. The second-order valence-corrected chi connectivity index (χ2v) is 7.66. The molecule has 2 aromatic rings. The van der Waals surface area contributed by atoms with Gasteiger partial charge in [0.1, 0.15) is 11.4 Å². The van der Waals surface area contributed by atoms with Gasteiger partial charge in [-0.25, -0.2) is 5.43 Å². The average molecular weight is 393 g/mol. The van der Waals surface area contributed by atoms with Crippen molar-refractivity contribution in [3.05, 3.63) is 59.4 Å². The molecule has 152 valence electrons. The lowest BCUT2D eigenvalue weighted by Gasteiger charge is -2.43. The summed E-state index contributed by atoms with van der Waals surface area (Å²) < 4.78 is 5.62. The van der Waals surface area contributed by atoms with Gasteiger partial charge in [0.15, 0.2) is 0 Å². The molecule has 0 atom stereocenters. The van der Waals surface area contributed by atoms with E-state index in [4.69, 9.17) is 4.74 Å². The zero-order valence-corrected chi connectivity index (χ0v) is 17.7. The number of carbonyl (C=O) groups excluding carboxylic acids is 1. The maximum atomic E-state index is 12.1. The van der Waals surface area contributed by atoms with Crippen LogP contribution in [-0.4, -0.2) is 36.3 Å². The Kier molecular flexibility index (Phi) is 6.01. The summed E-state index contributed by atoms with van der Waals surface area (Å²) in [4.78, 5) is 18.6. The van der Waals surface area contributed by atoms with Crippen LogP contribution < -0.4 is 15.1 Å². The second kappa shape index (κ2) is 8.47. The van der Waals surface area contributed by atoms with Crippen molar-refractivity contribution in [3.8, 4) is 5.75 Å². The summed E-state index contributed by atoms with van der Waals surface area (Å²) in [5.41, 5.74) is 7.09. The van der Waals surface area contributed by atoms with Gasteiger partial charge in [0.25, 0.3) is 5.91 Å². The molecule has 0 saturated carbocycles. The highest BCUT2D eigenvalue weighted by atomic mass is 16.5. The summed E-state index contributed by atoms with van der Waals surface area (Å²) in [7, 11) is 1.65. The van der Waals surface area contributed by atoms with Crippen molar-refractivity contribution in [3.63, 3.8) is 0 Å². The first kappa shape index (κ1) is 20.6. The van der Waals surface area contributed by atoms with Crippen LogP contribution in [0.5, 0.6) is 5.75 Å². The first-order valence-corrected chi connectivity index (χ1v) is 9.81. The van der Waals surface area contributed by atoms with Crippen LogP contribution in [-0.2, 0) is 0 Å². The van der Waals surface area contributed by atoms with Gasteiger partial charge in [-0.15, -0.1) is 0 Å². The standard InChI is InChI=1S/C23H28N4O2/c1-6-11-27-20-13-21(29-5)17(12-18(20)16(2)14-23(27,3)4)15-25-26-22(28)19-9-7-8-10-24-19/h7-10,12-15H,6,11H2,1-5H3,(H,26,28)/b25-15-. The summed E-state index contributed by atoms with van der Waals surface area (Å²) in [5, 5.41) is 4.11. The van der Waals surface area contributed by atoms with Gasteiger partial charge in [-0.05, 0) is 51.0 Å². The molecule has 1 amide bonds. The number of methoxy groups -OCH3 is 1. The number of ether oxygens (including phenoxy) is 1. The van der Waals surface area contributed by atoms with Crippen LogP contribution in [0.3, 0.4) is 0 Å². The van der Waals surface area contributed by atoms with E-state index in [0.29, 0.717) is 11.4 Å². The molecule has 2 heterocycles. The van der Waals surface area contributed by atoms with Gasteiger partial charge in [-0.2, -0.15) is 5.10 Å². The topological polar surface area (TPSA) is 66.8 Å². The van der Waals surface area contributed by atoms with Crippen LogP contribution in [0, 0.1) is 0 Å². The molecule has 1 aliphatic rings. The summed E-state index contributed by atoms with van der Waals surface area (Å²) in [6, 6.07) is 9.29. The number of hydrogen-bond acceptors (Lipinski definition) is 5. The fourth-order valence-corrected chi connectivity index (χ4v) is 3.75. The zero-order chi connectivity index (χ0) is 21.0. The Morgan fingerprint density at radius 3 is 2.79 bits per heavy atom. The monoisotopic (exact) mass is 392 g/mol. The number of fused-ring (bicyclic) bond motifs is 1. The molecule has 0 fully saturated rings. The third kappa shape index (κ3) is 4.31. The normalized spacial score (nSPS) is 15.1. The number of nitrogens with one attached hydrogen (secondary N) is 1. The van der Waals surface area contributed by atoms with Crippen LogP contribution in [0.2, 0.25) is 0 Å². The molecule has 1 aromatic carbocycles. The molecular formula is C23H28N4O2. The van der Waals surface area contributed by atoms with E-state index in [1.807, 2.05) is 0 Å². The molecule has 0 saturated heterocycles. The molecule has 0 unspecified atom stereocenters. The van der Waals surface area contributed by atoms with Crippen molar-refractivity contribution in [2.45, 2.75) is 39.7 Å². The van der Waals surface area contributed by atoms with Crippen molar-refractivity contribution in [1.82, 2.24) is 10.4 Å². The smallest absolute Gasteiger partial charge is 0.289 e. The minimum atomic E-state index is -0.356. The molecule has 1 aliphatic heterocycles. The van der Waals surface area contributed by atoms with Crippen LogP contribution in [0.4, 0.5) is 5.69 Å². The number of carbonyl (C=O) groups is 1. The van der Waals surface area contributed by atoms with E-state index in [2.05, 4.69) is 66.3 Å². The summed E-state index contributed by atoms with van der Waals surface area (Å²) in [6.45, 7) is 9.72. The van der Waals surface area contributed by atoms with Gasteiger partial charge in [0, 0.05) is 35.6 Å². The molecule has 0 spiro atoms. The SMILES string of the molecule is CCCN1c2cc(OC)c(/C=N\NC(=O)c3ccccn3)cc2C(C)=CC1(C)C. The quantitative estimate of drug-likeness (QED) is 0.589. The van der Waals surface area contributed by atoms with Crippen molar-refractivity contribution >= 4 is 23.4 Å². The average Bonchev–Trinajstić information content (AvgIpc) is 2.71. The Bertz CT molecular complexity index is 949. The minimum Gasteiger partial charge on any atom is -0.496 e. The lowest BCUT2D eigenvalue weighted by Crippen LogP contribution is -2.45. The van der Waals surface area contributed by atoms with Crippen molar-refractivity contribution < 1.29 is 9.53 Å². The molecular weight excluding hydrogens is 364 g/mol. The number of nitrogens with zero attached hydrogens (tertiary/aromatic N) is 3. The fourth-order valence-electron chi connectivity index (χ4n) is 3.75. The Morgan fingerprint density at radius 1 is 1.34 bits per heavy atom. The number of benzene rings is 1. The molecule has 29 heavy (non-hydrogen) atoms. The van der Waals surface area contributed by atoms with Crippen LogP contribution in [0.15, 0.2) is 47.7 Å². The maximum Gasteiger partial charge on any atom is 0.289 e. The van der Waals surface area contributed by atoms with E-state index in [-0.39, 0.29) is 11.4 Å². The van der Waals surface area contributed by atoms with Gasteiger partial charge in [0.2, 0.25) is 0 Å². The Hall–Kier alpha value is -3.15.